The first-order valence-electron chi connectivity index (χ1n) is 8.63. The van der Waals surface area contributed by atoms with Crippen LogP contribution in [0.15, 0.2) is 36.4 Å². The van der Waals surface area contributed by atoms with Crippen LogP contribution in [0.2, 0.25) is 0 Å². The minimum absolute atomic E-state index is 0.0573. The number of hydrogen-bond donors (Lipinski definition) is 3. The zero-order chi connectivity index (χ0) is 19.8. The molecule has 0 radical (unpaired) electrons. The van der Waals surface area contributed by atoms with E-state index in [9.17, 15) is 9.59 Å². The van der Waals surface area contributed by atoms with Gasteiger partial charge in [-0.25, -0.2) is 0 Å². The molecule has 0 aromatic heterocycles. The predicted octanol–water partition coefficient (Wildman–Crippen LogP) is 3.41. The maximum absolute atomic E-state index is 12.3. The van der Waals surface area contributed by atoms with Crippen LogP contribution in [0.1, 0.15) is 18.9 Å². The Morgan fingerprint density at radius 1 is 0.926 bits per heavy atom. The van der Waals surface area contributed by atoms with Crippen molar-refractivity contribution in [3.05, 3.63) is 42.0 Å². The number of aryl methyl sites for hydroxylation is 1. The molecular weight excluding hydrogens is 346 g/mol. The molecule has 0 saturated carbocycles. The first-order valence-corrected chi connectivity index (χ1v) is 8.63. The van der Waals surface area contributed by atoms with E-state index in [4.69, 9.17) is 9.47 Å². The molecule has 27 heavy (non-hydrogen) atoms. The molecule has 2 amide bonds. The smallest absolute Gasteiger partial charge is 0.243 e. The summed E-state index contributed by atoms with van der Waals surface area (Å²) in [4.78, 5) is 23.9. The number of ether oxygens (including phenoxy) is 2. The average Bonchev–Trinajstić information content (AvgIpc) is 2.68. The Labute approximate surface area is 159 Å². The van der Waals surface area contributed by atoms with E-state index in [1.54, 1.807) is 32.2 Å². The summed E-state index contributed by atoms with van der Waals surface area (Å²) in [6.45, 7) is 3.77. The lowest BCUT2D eigenvalue weighted by atomic mass is 10.1. The van der Waals surface area contributed by atoms with Gasteiger partial charge in [0.2, 0.25) is 11.8 Å². The molecule has 0 fully saturated rings. The Balaban J connectivity index is 2.02. The third-order valence-corrected chi connectivity index (χ3v) is 3.97. The number of benzene rings is 2. The molecule has 144 valence electrons. The summed E-state index contributed by atoms with van der Waals surface area (Å²) < 4.78 is 10.4. The Kier molecular flexibility index (Phi) is 7.05. The number of rotatable bonds is 8. The van der Waals surface area contributed by atoms with Crippen molar-refractivity contribution in [3.8, 4) is 11.5 Å². The summed E-state index contributed by atoms with van der Waals surface area (Å²) in [5.41, 5.74) is 2.94. The zero-order valence-corrected chi connectivity index (χ0v) is 16.0. The third kappa shape index (κ3) is 5.64. The first kappa shape index (κ1) is 20.1. The predicted molar refractivity (Wildman–Crippen MR) is 107 cm³/mol. The molecular formula is C20H25N3O4. The molecule has 3 N–H and O–H groups in total. The minimum Gasteiger partial charge on any atom is -0.497 e. The van der Waals surface area contributed by atoms with Crippen LogP contribution in [-0.4, -0.2) is 32.6 Å². The van der Waals surface area contributed by atoms with Crippen LogP contribution in [0.4, 0.5) is 17.1 Å². The van der Waals surface area contributed by atoms with Crippen molar-refractivity contribution in [3.63, 3.8) is 0 Å². The van der Waals surface area contributed by atoms with Crippen LogP contribution in [0.5, 0.6) is 11.5 Å². The lowest BCUT2D eigenvalue weighted by Gasteiger charge is -2.14. The zero-order valence-electron chi connectivity index (χ0n) is 16.0. The van der Waals surface area contributed by atoms with Crippen molar-refractivity contribution in [1.82, 2.24) is 0 Å². The van der Waals surface area contributed by atoms with Gasteiger partial charge in [-0.05, 0) is 36.8 Å². The SMILES string of the molecule is CCC(=O)Nc1cc(NCC(=O)Nc2cc(OC)ccc2OC)ccc1C. The van der Waals surface area contributed by atoms with E-state index in [-0.39, 0.29) is 18.4 Å². The van der Waals surface area contributed by atoms with Gasteiger partial charge in [0.05, 0.1) is 26.5 Å². The van der Waals surface area contributed by atoms with Crippen molar-refractivity contribution >= 4 is 28.9 Å². The Bertz CT molecular complexity index is 821. The van der Waals surface area contributed by atoms with Crippen molar-refractivity contribution < 1.29 is 19.1 Å². The average molecular weight is 371 g/mol. The van der Waals surface area contributed by atoms with E-state index in [0.717, 1.165) is 16.9 Å². The van der Waals surface area contributed by atoms with Gasteiger partial charge < -0.3 is 25.4 Å². The fraction of sp³-hybridized carbons (Fsp3) is 0.300. The molecule has 0 aliphatic carbocycles. The molecule has 0 bridgehead atoms. The second-order valence-corrected chi connectivity index (χ2v) is 5.90. The highest BCUT2D eigenvalue weighted by molar-refractivity contribution is 5.95. The fourth-order valence-electron chi connectivity index (χ4n) is 2.39. The van der Waals surface area contributed by atoms with E-state index >= 15 is 0 Å². The van der Waals surface area contributed by atoms with Crippen molar-refractivity contribution in [2.24, 2.45) is 0 Å². The first-order chi connectivity index (χ1) is 13.0. The van der Waals surface area contributed by atoms with Crippen molar-refractivity contribution in [2.45, 2.75) is 20.3 Å². The topological polar surface area (TPSA) is 88.7 Å². The highest BCUT2D eigenvalue weighted by Gasteiger charge is 2.10. The molecule has 0 aliphatic heterocycles. The monoisotopic (exact) mass is 371 g/mol. The molecule has 2 rings (SSSR count). The number of methoxy groups -OCH3 is 2. The number of amides is 2. The van der Waals surface area contributed by atoms with Crippen LogP contribution in [0.3, 0.4) is 0 Å². The summed E-state index contributed by atoms with van der Waals surface area (Å²) in [7, 11) is 3.09. The van der Waals surface area contributed by atoms with Crippen LogP contribution >= 0.6 is 0 Å². The summed E-state index contributed by atoms with van der Waals surface area (Å²) in [6.07, 6.45) is 0.405. The molecule has 0 saturated heterocycles. The van der Waals surface area contributed by atoms with Gasteiger partial charge in [0.25, 0.3) is 0 Å². The molecule has 0 heterocycles. The molecule has 2 aromatic rings. The van der Waals surface area contributed by atoms with Crippen molar-refractivity contribution in [2.75, 3.05) is 36.7 Å². The number of carbonyl (C=O) groups excluding carboxylic acids is 2. The van der Waals surface area contributed by atoms with Crippen molar-refractivity contribution in [1.29, 1.82) is 0 Å². The standard InChI is InChI=1S/C20H25N3O4/c1-5-19(24)22-16-10-14(7-6-13(16)2)21-12-20(25)23-17-11-15(26-3)8-9-18(17)27-4/h6-11,21H,5,12H2,1-4H3,(H,22,24)(H,23,25). The molecule has 7 heteroatoms. The van der Waals surface area contributed by atoms with Gasteiger partial charge in [-0.3, -0.25) is 9.59 Å². The largest absolute Gasteiger partial charge is 0.497 e. The summed E-state index contributed by atoms with van der Waals surface area (Å²) in [5, 5.41) is 8.70. The van der Waals surface area contributed by atoms with Crippen LogP contribution < -0.4 is 25.4 Å². The second-order valence-electron chi connectivity index (χ2n) is 5.90. The second kappa shape index (κ2) is 9.47. The van der Waals surface area contributed by atoms with E-state index in [1.165, 1.54) is 7.11 Å². The lowest BCUT2D eigenvalue weighted by Crippen LogP contribution is -2.22. The summed E-state index contributed by atoms with van der Waals surface area (Å²) in [6, 6.07) is 10.7. The Hall–Kier alpha value is -3.22. The number of nitrogens with one attached hydrogen (secondary N) is 3. The van der Waals surface area contributed by atoms with E-state index in [0.29, 0.717) is 23.6 Å². The molecule has 0 aliphatic rings. The van der Waals surface area contributed by atoms with Gasteiger partial charge in [0.1, 0.15) is 11.5 Å². The molecule has 7 nitrogen and oxygen atoms in total. The van der Waals surface area contributed by atoms with Gasteiger partial charge >= 0.3 is 0 Å². The summed E-state index contributed by atoms with van der Waals surface area (Å²) >= 11 is 0. The van der Waals surface area contributed by atoms with Gasteiger partial charge in [-0.2, -0.15) is 0 Å². The van der Waals surface area contributed by atoms with Crippen LogP contribution in [0.25, 0.3) is 0 Å². The van der Waals surface area contributed by atoms with Gasteiger partial charge in [-0.1, -0.05) is 13.0 Å². The van der Waals surface area contributed by atoms with E-state index in [1.807, 2.05) is 25.1 Å². The number of hydrogen-bond acceptors (Lipinski definition) is 5. The van der Waals surface area contributed by atoms with E-state index < -0.39 is 0 Å². The fourth-order valence-corrected chi connectivity index (χ4v) is 2.39. The normalized spacial score (nSPS) is 10.1. The Morgan fingerprint density at radius 2 is 1.67 bits per heavy atom. The molecule has 2 aromatic carbocycles. The maximum atomic E-state index is 12.3. The maximum Gasteiger partial charge on any atom is 0.243 e. The molecule has 0 atom stereocenters. The number of anilines is 3. The van der Waals surface area contributed by atoms with Crippen LogP contribution in [-0.2, 0) is 9.59 Å². The molecule has 0 spiro atoms. The highest BCUT2D eigenvalue weighted by atomic mass is 16.5. The van der Waals surface area contributed by atoms with Gasteiger partial charge in [0.15, 0.2) is 0 Å². The number of carbonyl (C=O) groups is 2. The highest BCUT2D eigenvalue weighted by Crippen LogP contribution is 2.28. The van der Waals surface area contributed by atoms with Gasteiger partial charge in [0, 0.05) is 23.9 Å². The van der Waals surface area contributed by atoms with E-state index in [2.05, 4.69) is 16.0 Å². The third-order valence-electron chi connectivity index (χ3n) is 3.97. The van der Waals surface area contributed by atoms with Gasteiger partial charge in [-0.15, -0.1) is 0 Å². The lowest BCUT2D eigenvalue weighted by molar-refractivity contribution is -0.116. The molecule has 0 unspecified atom stereocenters. The van der Waals surface area contributed by atoms with Crippen LogP contribution in [0, 0.1) is 6.92 Å². The summed E-state index contributed by atoms with van der Waals surface area (Å²) in [5.74, 6) is 0.873. The minimum atomic E-state index is -0.235. The Morgan fingerprint density at radius 3 is 2.33 bits per heavy atom. The quantitative estimate of drug-likeness (QED) is 0.662.